The third-order valence-corrected chi connectivity index (χ3v) is 3.39. The Balaban J connectivity index is 1.24. The molecule has 0 spiro atoms. The summed E-state index contributed by atoms with van der Waals surface area (Å²) in [7, 11) is 0. The summed E-state index contributed by atoms with van der Waals surface area (Å²) in [6.45, 7) is 1.55. The summed E-state index contributed by atoms with van der Waals surface area (Å²) >= 11 is 0. The van der Waals surface area contributed by atoms with Crippen LogP contribution in [0.2, 0.25) is 0 Å². The van der Waals surface area contributed by atoms with Gasteiger partial charge in [0.05, 0.1) is 13.2 Å². The highest BCUT2D eigenvalue weighted by Crippen LogP contribution is 2.01. The summed E-state index contributed by atoms with van der Waals surface area (Å²) in [6.07, 6.45) is 0. The van der Waals surface area contributed by atoms with Crippen molar-refractivity contribution in [2.24, 2.45) is 0 Å². The molecule has 0 atom stereocenters. The zero-order chi connectivity index (χ0) is 20.2. The Kier molecular flexibility index (Phi) is 13.7. The van der Waals surface area contributed by atoms with Crippen molar-refractivity contribution >= 4 is 0 Å². The fraction of sp³-hybridized carbons (Fsp3) is 0.429. The summed E-state index contributed by atoms with van der Waals surface area (Å²) in [6, 6.07) is 19.7. The van der Waals surface area contributed by atoms with Crippen molar-refractivity contribution in [3.63, 3.8) is 0 Å². The third-order valence-electron chi connectivity index (χ3n) is 3.39. The van der Waals surface area contributed by atoms with Crippen LogP contribution in [0.4, 0.5) is 0 Å². The van der Waals surface area contributed by atoms with Gasteiger partial charge in [0, 0.05) is 0 Å². The minimum atomic E-state index is 0.0367. The molecule has 160 valence electrons. The Morgan fingerprint density at radius 3 is 0.931 bits per heavy atom. The molecule has 2 rings (SSSR count). The largest absolute Gasteiger partial charge is 0.351 e. The molecule has 2 aromatic rings. The van der Waals surface area contributed by atoms with Gasteiger partial charge in [-0.25, -0.2) is 0 Å². The van der Waals surface area contributed by atoms with Crippen LogP contribution in [0.25, 0.3) is 0 Å². The molecule has 0 radical (unpaired) electrons. The van der Waals surface area contributed by atoms with E-state index >= 15 is 0 Å². The van der Waals surface area contributed by atoms with Crippen molar-refractivity contribution in [1.82, 2.24) is 0 Å². The molecular weight excluding hydrogens is 380 g/mol. The Bertz CT molecular complexity index is 543. The highest BCUT2D eigenvalue weighted by atomic mass is 16.8. The van der Waals surface area contributed by atoms with Crippen LogP contribution in [0.3, 0.4) is 0 Å². The lowest BCUT2D eigenvalue weighted by Gasteiger charge is -2.09. The number of hydrogen-bond donors (Lipinski definition) is 0. The maximum absolute atomic E-state index is 5.34. The fourth-order valence-corrected chi connectivity index (χ4v) is 2.08. The Hall–Kier alpha value is -1.88. The first kappa shape index (κ1) is 23.4. The van der Waals surface area contributed by atoms with Crippen LogP contribution >= 0.6 is 0 Å². The summed E-state index contributed by atoms with van der Waals surface area (Å²) in [5.41, 5.74) is 2.18. The average Bonchev–Trinajstić information content (AvgIpc) is 2.77. The molecule has 0 heterocycles. The first-order chi connectivity index (χ1) is 14.4. The van der Waals surface area contributed by atoms with Gasteiger partial charge in [-0.15, -0.1) is 0 Å². The monoisotopic (exact) mass is 408 g/mol. The first-order valence-electron chi connectivity index (χ1n) is 9.15. The van der Waals surface area contributed by atoms with E-state index in [0.29, 0.717) is 13.2 Å². The van der Waals surface area contributed by atoms with Gasteiger partial charge in [0.15, 0.2) is 34.0 Å². The van der Waals surface area contributed by atoms with Gasteiger partial charge in [0.1, 0.15) is 13.6 Å². The maximum atomic E-state index is 5.34. The van der Waals surface area contributed by atoms with E-state index in [0.717, 1.165) is 11.1 Å². The van der Waals surface area contributed by atoms with Crippen molar-refractivity contribution in [2.45, 2.75) is 13.2 Å². The van der Waals surface area contributed by atoms with E-state index in [1.54, 1.807) is 0 Å². The summed E-state index contributed by atoms with van der Waals surface area (Å²) < 4.78 is 41.4. The van der Waals surface area contributed by atoms with Crippen LogP contribution in [0, 0.1) is 0 Å². The maximum Gasteiger partial charge on any atom is 0.152 e. The van der Waals surface area contributed by atoms with Crippen molar-refractivity contribution in [1.29, 1.82) is 0 Å². The zero-order valence-corrected chi connectivity index (χ0v) is 16.4. The van der Waals surface area contributed by atoms with Crippen molar-refractivity contribution < 1.29 is 37.9 Å². The predicted molar refractivity (Wildman–Crippen MR) is 103 cm³/mol. The quantitative estimate of drug-likeness (QED) is 0.275. The third kappa shape index (κ3) is 13.1. The molecule has 0 saturated carbocycles. The second kappa shape index (κ2) is 17.0. The number of hydrogen-bond acceptors (Lipinski definition) is 8. The van der Waals surface area contributed by atoms with E-state index in [1.807, 2.05) is 60.7 Å². The van der Waals surface area contributed by atoms with Gasteiger partial charge in [-0.2, -0.15) is 0 Å². The normalized spacial score (nSPS) is 11.0. The lowest BCUT2D eigenvalue weighted by atomic mass is 10.2. The van der Waals surface area contributed by atoms with Crippen molar-refractivity contribution in [2.75, 3.05) is 47.6 Å². The molecule has 0 amide bonds. The predicted octanol–water partition coefficient (Wildman–Crippen LogP) is 3.22. The van der Waals surface area contributed by atoms with Gasteiger partial charge in [0.25, 0.3) is 0 Å². The Labute approximate surface area is 171 Å². The van der Waals surface area contributed by atoms with Crippen molar-refractivity contribution in [3.8, 4) is 0 Å². The Morgan fingerprint density at radius 1 is 0.345 bits per heavy atom. The highest BCUT2D eigenvalue weighted by molar-refractivity contribution is 5.13. The van der Waals surface area contributed by atoms with Gasteiger partial charge >= 0.3 is 0 Å². The van der Waals surface area contributed by atoms with E-state index in [2.05, 4.69) is 0 Å². The van der Waals surface area contributed by atoms with E-state index in [1.165, 1.54) is 0 Å². The molecule has 0 aliphatic heterocycles. The number of ether oxygens (including phenoxy) is 8. The SMILES string of the molecule is c1ccc(COCOCOCOCOCOCOCOCc2ccccc2)cc1. The van der Waals surface area contributed by atoms with Crippen LogP contribution < -0.4 is 0 Å². The van der Waals surface area contributed by atoms with Crippen LogP contribution in [-0.4, -0.2) is 47.6 Å². The second-order valence-electron chi connectivity index (χ2n) is 5.72. The van der Waals surface area contributed by atoms with Crippen LogP contribution in [0.15, 0.2) is 60.7 Å². The molecular formula is C21H28O8. The molecule has 0 aliphatic rings. The molecule has 8 heteroatoms. The van der Waals surface area contributed by atoms with E-state index in [4.69, 9.17) is 37.9 Å². The second-order valence-corrected chi connectivity index (χ2v) is 5.72. The van der Waals surface area contributed by atoms with Gasteiger partial charge in [0.2, 0.25) is 0 Å². The summed E-state index contributed by atoms with van der Waals surface area (Å²) in [5, 5.41) is 0. The lowest BCUT2D eigenvalue weighted by Crippen LogP contribution is -2.11. The van der Waals surface area contributed by atoms with Gasteiger partial charge in [-0.3, -0.25) is 0 Å². The minimum Gasteiger partial charge on any atom is -0.351 e. The standard InChI is InChI=1S/C21H28O8/c1-3-7-20(8-4-1)11-22-13-24-15-26-17-28-19-29-18-27-16-25-14-23-12-21-9-5-2-6-10-21/h1-10H,11-19H2. The lowest BCUT2D eigenvalue weighted by molar-refractivity contribution is -0.222. The van der Waals surface area contributed by atoms with Crippen molar-refractivity contribution in [3.05, 3.63) is 71.8 Å². The van der Waals surface area contributed by atoms with Gasteiger partial charge in [-0.1, -0.05) is 60.7 Å². The van der Waals surface area contributed by atoms with E-state index in [-0.39, 0.29) is 47.6 Å². The van der Waals surface area contributed by atoms with Gasteiger partial charge < -0.3 is 37.9 Å². The average molecular weight is 408 g/mol. The topological polar surface area (TPSA) is 73.8 Å². The van der Waals surface area contributed by atoms with Crippen LogP contribution in [0.5, 0.6) is 0 Å². The van der Waals surface area contributed by atoms with E-state index in [9.17, 15) is 0 Å². The molecule has 0 bridgehead atoms. The molecule has 8 nitrogen and oxygen atoms in total. The molecule has 0 unspecified atom stereocenters. The molecule has 2 aromatic carbocycles. The smallest absolute Gasteiger partial charge is 0.152 e. The molecule has 0 fully saturated rings. The van der Waals surface area contributed by atoms with Crippen LogP contribution in [-0.2, 0) is 51.1 Å². The Morgan fingerprint density at radius 2 is 0.621 bits per heavy atom. The number of benzene rings is 2. The summed E-state index contributed by atoms with van der Waals surface area (Å²) in [5.74, 6) is 0. The van der Waals surface area contributed by atoms with Gasteiger partial charge in [-0.05, 0) is 11.1 Å². The molecule has 29 heavy (non-hydrogen) atoms. The zero-order valence-electron chi connectivity index (χ0n) is 16.4. The fourth-order valence-electron chi connectivity index (χ4n) is 2.08. The van der Waals surface area contributed by atoms with Crippen LogP contribution in [0.1, 0.15) is 11.1 Å². The molecule has 0 aliphatic carbocycles. The summed E-state index contributed by atoms with van der Waals surface area (Å²) in [4.78, 5) is 0. The van der Waals surface area contributed by atoms with E-state index < -0.39 is 0 Å². The molecule has 0 N–H and O–H groups in total. The molecule has 0 aromatic heterocycles. The number of rotatable bonds is 18. The minimum absolute atomic E-state index is 0.0367. The highest BCUT2D eigenvalue weighted by Gasteiger charge is 1.95. The molecule has 0 saturated heterocycles. The first-order valence-corrected chi connectivity index (χ1v) is 9.15.